The molecule has 1 aliphatic rings. The highest BCUT2D eigenvalue weighted by molar-refractivity contribution is 5.63. The first kappa shape index (κ1) is 11.1. The van der Waals surface area contributed by atoms with E-state index in [2.05, 4.69) is 5.10 Å². The van der Waals surface area contributed by atoms with E-state index in [-0.39, 0.29) is 6.10 Å². The molecule has 0 saturated carbocycles. The SMILES string of the molecule is Cn1nc(-c2cccc(OC3COC3)c2)cc1N. The molecule has 0 aliphatic carbocycles. The third kappa shape index (κ3) is 2.04. The number of aromatic nitrogens is 2. The number of nitrogen functional groups attached to an aromatic ring is 1. The Morgan fingerprint density at radius 2 is 2.22 bits per heavy atom. The Labute approximate surface area is 105 Å². The summed E-state index contributed by atoms with van der Waals surface area (Å²) >= 11 is 0. The molecule has 2 N–H and O–H groups in total. The molecule has 18 heavy (non-hydrogen) atoms. The van der Waals surface area contributed by atoms with E-state index in [0.29, 0.717) is 19.0 Å². The van der Waals surface area contributed by atoms with Crippen LogP contribution in [0, 0.1) is 0 Å². The molecule has 0 radical (unpaired) electrons. The summed E-state index contributed by atoms with van der Waals surface area (Å²) in [6.07, 6.45) is 0.175. The lowest BCUT2D eigenvalue weighted by atomic mass is 10.1. The summed E-state index contributed by atoms with van der Waals surface area (Å²) in [5.74, 6) is 1.48. The van der Waals surface area contributed by atoms with Gasteiger partial charge in [-0.1, -0.05) is 12.1 Å². The van der Waals surface area contributed by atoms with Gasteiger partial charge < -0.3 is 15.2 Å². The second kappa shape index (κ2) is 4.34. The number of anilines is 1. The lowest BCUT2D eigenvalue weighted by molar-refractivity contribution is -0.0796. The molecule has 5 heteroatoms. The molecular weight excluding hydrogens is 230 g/mol. The van der Waals surface area contributed by atoms with Crippen LogP contribution in [-0.2, 0) is 11.8 Å². The predicted molar refractivity (Wildman–Crippen MR) is 68.3 cm³/mol. The Kier molecular flexibility index (Phi) is 2.68. The average Bonchev–Trinajstić information content (AvgIpc) is 2.65. The third-order valence-electron chi connectivity index (χ3n) is 2.96. The van der Waals surface area contributed by atoms with Gasteiger partial charge in [0.15, 0.2) is 0 Å². The lowest BCUT2D eigenvalue weighted by Crippen LogP contribution is -2.38. The van der Waals surface area contributed by atoms with E-state index in [9.17, 15) is 0 Å². The molecule has 0 atom stereocenters. The van der Waals surface area contributed by atoms with Crippen molar-refractivity contribution in [3.63, 3.8) is 0 Å². The van der Waals surface area contributed by atoms with Crippen LogP contribution in [0.4, 0.5) is 5.82 Å². The van der Waals surface area contributed by atoms with Gasteiger partial charge >= 0.3 is 0 Å². The fraction of sp³-hybridized carbons (Fsp3) is 0.308. The van der Waals surface area contributed by atoms with Gasteiger partial charge in [-0.15, -0.1) is 0 Å². The van der Waals surface area contributed by atoms with Crippen molar-refractivity contribution in [1.29, 1.82) is 0 Å². The molecule has 3 rings (SSSR count). The first-order valence-electron chi connectivity index (χ1n) is 5.87. The molecule has 5 nitrogen and oxygen atoms in total. The van der Waals surface area contributed by atoms with Crippen molar-refractivity contribution in [2.24, 2.45) is 7.05 Å². The monoisotopic (exact) mass is 245 g/mol. The van der Waals surface area contributed by atoms with Crippen molar-refractivity contribution in [3.05, 3.63) is 30.3 Å². The van der Waals surface area contributed by atoms with Gasteiger partial charge in [0.2, 0.25) is 0 Å². The zero-order valence-electron chi connectivity index (χ0n) is 10.2. The molecule has 1 saturated heterocycles. The second-order valence-electron chi connectivity index (χ2n) is 4.38. The number of nitrogens with two attached hydrogens (primary N) is 1. The predicted octanol–water partition coefficient (Wildman–Crippen LogP) is 1.45. The quantitative estimate of drug-likeness (QED) is 0.889. The maximum Gasteiger partial charge on any atom is 0.145 e. The van der Waals surface area contributed by atoms with Gasteiger partial charge in [0.25, 0.3) is 0 Å². The summed E-state index contributed by atoms with van der Waals surface area (Å²) in [6.45, 7) is 1.33. The van der Waals surface area contributed by atoms with Crippen molar-refractivity contribution < 1.29 is 9.47 Å². The molecule has 1 fully saturated rings. The Bertz CT molecular complexity index is 542. The van der Waals surface area contributed by atoms with Crippen LogP contribution in [0.2, 0.25) is 0 Å². The number of hydrogen-bond acceptors (Lipinski definition) is 4. The minimum atomic E-state index is 0.175. The largest absolute Gasteiger partial charge is 0.486 e. The van der Waals surface area contributed by atoms with E-state index in [0.717, 1.165) is 17.0 Å². The van der Waals surface area contributed by atoms with Gasteiger partial charge in [-0.05, 0) is 12.1 Å². The number of benzene rings is 1. The summed E-state index contributed by atoms with van der Waals surface area (Å²) < 4.78 is 12.5. The maximum atomic E-state index is 5.78. The molecule has 1 aromatic carbocycles. The Morgan fingerprint density at radius 3 is 2.83 bits per heavy atom. The molecule has 0 amide bonds. The highest BCUT2D eigenvalue weighted by atomic mass is 16.6. The van der Waals surface area contributed by atoms with Crippen LogP contribution in [0.25, 0.3) is 11.3 Å². The molecule has 0 bridgehead atoms. The standard InChI is InChI=1S/C13H15N3O2/c1-16-13(14)6-12(15-16)9-3-2-4-10(5-9)18-11-7-17-8-11/h2-6,11H,7-8,14H2,1H3. The highest BCUT2D eigenvalue weighted by Gasteiger charge is 2.20. The minimum absolute atomic E-state index is 0.175. The number of hydrogen-bond donors (Lipinski definition) is 1. The van der Waals surface area contributed by atoms with Gasteiger partial charge in [-0.2, -0.15) is 5.10 Å². The zero-order chi connectivity index (χ0) is 12.5. The number of aryl methyl sites for hydroxylation is 1. The Hall–Kier alpha value is -2.01. The maximum absolute atomic E-state index is 5.78. The average molecular weight is 245 g/mol. The van der Waals surface area contributed by atoms with Gasteiger partial charge in [0.05, 0.1) is 18.9 Å². The van der Waals surface area contributed by atoms with Crippen LogP contribution >= 0.6 is 0 Å². The van der Waals surface area contributed by atoms with Gasteiger partial charge in [0.1, 0.15) is 17.7 Å². The lowest BCUT2D eigenvalue weighted by Gasteiger charge is -2.26. The van der Waals surface area contributed by atoms with Crippen molar-refractivity contribution in [3.8, 4) is 17.0 Å². The molecule has 1 aromatic heterocycles. The Morgan fingerprint density at radius 1 is 1.39 bits per heavy atom. The fourth-order valence-corrected chi connectivity index (χ4v) is 1.83. The fourth-order valence-electron chi connectivity index (χ4n) is 1.83. The molecule has 0 spiro atoms. The van der Waals surface area contributed by atoms with Gasteiger partial charge in [0, 0.05) is 18.7 Å². The van der Waals surface area contributed by atoms with Crippen LogP contribution < -0.4 is 10.5 Å². The normalized spacial score (nSPS) is 15.4. The van der Waals surface area contributed by atoms with Crippen molar-refractivity contribution >= 4 is 5.82 Å². The summed E-state index contributed by atoms with van der Waals surface area (Å²) in [4.78, 5) is 0. The van der Waals surface area contributed by atoms with Crippen LogP contribution in [0.15, 0.2) is 30.3 Å². The molecule has 2 heterocycles. The molecule has 94 valence electrons. The smallest absolute Gasteiger partial charge is 0.145 e. The first-order chi connectivity index (χ1) is 8.72. The topological polar surface area (TPSA) is 62.3 Å². The second-order valence-corrected chi connectivity index (χ2v) is 4.38. The summed E-state index contributed by atoms with van der Waals surface area (Å²) in [6, 6.07) is 9.71. The van der Waals surface area contributed by atoms with Crippen molar-refractivity contribution in [2.45, 2.75) is 6.10 Å². The Balaban J connectivity index is 1.85. The molecule has 0 unspecified atom stereocenters. The van der Waals surface area contributed by atoms with Crippen molar-refractivity contribution in [2.75, 3.05) is 18.9 Å². The van der Waals surface area contributed by atoms with E-state index < -0.39 is 0 Å². The van der Waals surface area contributed by atoms with E-state index >= 15 is 0 Å². The zero-order valence-corrected chi connectivity index (χ0v) is 10.2. The molecule has 2 aromatic rings. The third-order valence-corrected chi connectivity index (χ3v) is 2.96. The summed E-state index contributed by atoms with van der Waals surface area (Å²) in [7, 11) is 1.82. The van der Waals surface area contributed by atoms with Gasteiger partial charge in [-0.3, -0.25) is 4.68 Å². The molecular formula is C13H15N3O2. The van der Waals surface area contributed by atoms with E-state index in [1.807, 2.05) is 37.4 Å². The van der Waals surface area contributed by atoms with Crippen molar-refractivity contribution in [1.82, 2.24) is 9.78 Å². The highest BCUT2D eigenvalue weighted by Crippen LogP contribution is 2.25. The van der Waals surface area contributed by atoms with E-state index in [1.54, 1.807) is 4.68 Å². The van der Waals surface area contributed by atoms with Crippen LogP contribution in [0.5, 0.6) is 5.75 Å². The number of ether oxygens (including phenoxy) is 2. The van der Waals surface area contributed by atoms with Crippen LogP contribution in [0.1, 0.15) is 0 Å². The number of rotatable bonds is 3. The molecule has 1 aliphatic heterocycles. The van der Waals surface area contributed by atoms with Gasteiger partial charge in [-0.25, -0.2) is 0 Å². The first-order valence-corrected chi connectivity index (χ1v) is 5.87. The summed E-state index contributed by atoms with van der Waals surface area (Å²) in [5.41, 5.74) is 7.63. The van der Waals surface area contributed by atoms with E-state index in [4.69, 9.17) is 15.2 Å². The van der Waals surface area contributed by atoms with Crippen LogP contribution in [0.3, 0.4) is 0 Å². The minimum Gasteiger partial charge on any atom is -0.486 e. The summed E-state index contributed by atoms with van der Waals surface area (Å²) in [5, 5.41) is 4.35. The van der Waals surface area contributed by atoms with E-state index in [1.165, 1.54) is 0 Å². The number of nitrogens with zero attached hydrogens (tertiary/aromatic N) is 2. The van der Waals surface area contributed by atoms with Crippen LogP contribution in [-0.4, -0.2) is 29.1 Å².